The second-order valence-corrected chi connectivity index (χ2v) is 18.0. The van der Waals surface area contributed by atoms with E-state index in [0.29, 0.717) is 44.8 Å². The van der Waals surface area contributed by atoms with Crippen molar-refractivity contribution in [3.63, 3.8) is 0 Å². The van der Waals surface area contributed by atoms with Crippen LogP contribution in [0.15, 0.2) is 243 Å². The smallest absolute Gasteiger partial charge is 0.132 e. The van der Waals surface area contributed by atoms with Crippen molar-refractivity contribution in [2.45, 2.75) is 0 Å². The first-order valence-corrected chi connectivity index (χ1v) is 23.9. The summed E-state index contributed by atoms with van der Waals surface area (Å²) in [5.74, 6) is -1.65. The molecule has 13 rings (SSSR count). The fourth-order valence-electron chi connectivity index (χ4n) is 11.0. The minimum absolute atomic E-state index is 0.344. The molecule has 0 aliphatic carbocycles. The van der Waals surface area contributed by atoms with Crippen LogP contribution in [0.25, 0.3) is 122 Å². The molecule has 0 atom stereocenters. The number of rotatable bonds is 8. The third kappa shape index (κ3) is 6.79. The van der Waals surface area contributed by atoms with E-state index in [9.17, 15) is 0 Å². The summed E-state index contributed by atoms with van der Waals surface area (Å²) >= 11 is 0. The van der Waals surface area contributed by atoms with Gasteiger partial charge >= 0.3 is 0 Å². The van der Waals surface area contributed by atoms with Crippen LogP contribution >= 0.6 is 0 Å². The number of nitrogens with zero attached hydrogens (tertiary/aromatic N) is 2. The molecule has 0 unspecified atom stereocenters. The van der Waals surface area contributed by atoms with E-state index in [-0.39, 0.29) is 0 Å². The van der Waals surface area contributed by atoms with E-state index >= 15 is 17.6 Å². The molecule has 0 saturated carbocycles. The van der Waals surface area contributed by atoms with E-state index in [4.69, 9.17) is 0 Å². The number of para-hydroxylation sites is 2. The Kier molecular flexibility index (Phi) is 10.3. The molecule has 0 radical (unpaired) electrons. The van der Waals surface area contributed by atoms with Crippen LogP contribution in [0.1, 0.15) is 0 Å². The summed E-state index contributed by atoms with van der Waals surface area (Å²) in [5.41, 5.74) is 10.7. The Morgan fingerprint density at radius 3 is 0.931 bits per heavy atom. The zero-order valence-corrected chi connectivity index (χ0v) is 38.5. The van der Waals surface area contributed by atoms with Gasteiger partial charge in [0, 0.05) is 55.5 Å². The predicted octanol–water partition coefficient (Wildman–Crippen LogP) is 18.4. The molecule has 0 aliphatic heterocycles. The summed E-state index contributed by atoms with van der Waals surface area (Å²) in [6, 6.07) is 75.7. The molecule has 0 spiro atoms. The highest BCUT2D eigenvalue weighted by atomic mass is 19.1. The molecule has 72 heavy (non-hydrogen) atoms. The summed E-state index contributed by atoms with van der Waals surface area (Å²) in [4.78, 5) is 0. The van der Waals surface area contributed by atoms with E-state index in [0.717, 1.165) is 77.0 Å². The van der Waals surface area contributed by atoms with Crippen LogP contribution in [-0.4, -0.2) is 9.13 Å². The van der Waals surface area contributed by atoms with Gasteiger partial charge in [-0.15, -0.1) is 0 Å². The highest BCUT2D eigenvalue weighted by Crippen LogP contribution is 2.50. The van der Waals surface area contributed by atoms with Gasteiger partial charge in [-0.05, 0) is 117 Å². The summed E-state index contributed by atoms with van der Waals surface area (Å²) in [6.07, 6.45) is 0. The van der Waals surface area contributed by atoms with Crippen LogP contribution in [0.4, 0.5) is 17.6 Å². The highest BCUT2D eigenvalue weighted by molar-refractivity contribution is 6.22. The van der Waals surface area contributed by atoms with Crippen LogP contribution in [0.2, 0.25) is 0 Å². The van der Waals surface area contributed by atoms with E-state index in [1.807, 2.05) is 97.1 Å². The summed E-state index contributed by atoms with van der Waals surface area (Å²) in [6.45, 7) is 0. The fourth-order valence-corrected chi connectivity index (χ4v) is 11.0. The van der Waals surface area contributed by atoms with Gasteiger partial charge in [0.1, 0.15) is 23.3 Å². The van der Waals surface area contributed by atoms with Crippen molar-refractivity contribution in [1.29, 1.82) is 0 Å². The molecule has 342 valence electrons. The van der Waals surface area contributed by atoms with Gasteiger partial charge < -0.3 is 9.13 Å². The first-order valence-electron chi connectivity index (χ1n) is 23.9. The first-order chi connectivity index (χ1) is 35.4. The number of hydrogen-bond acceptors (Lipinski definition) is 0. The number of benzene rings is 11. The minimum Gasteiger partial charge on any atom is -0.308 e. The maximum atomic E-state index is 16.4. The molecule has 2 heterocycles. The summed E-state index contributed by atoms with van der Waals surface area (Å²) < 4.78 is 69.1. The Hall–Kier alpha value is -9.26. The van der Waals surface area contributed by atoms with E-state index in [1.165, 1.54) is 24.3 Å². The zero-order valence-electron chi connectivity index (χ0n) is 38.5. The summed E-state index contributed by atoms with van der Waals surface area (Å²) in [7, 11) is 0. The van der Waals surface area contributed by atoms with Gasteiger partial charge in [0.15, 0.2) is 0 Å². The van der Waals surface area contributed by atoms with Crippen LogP contribution < -0.4 is 0 Å². The molecule has 0 bridgehead atoms. The average Bonchev–Trinajstić information content (AvgIpc) is 3.94. The molecule has 0 fully saturated rings. The van der Waals surface area contributed by atoms with Gasteiger partial charge in [0.05, 0.1) is 22.4 Å². The third-order valence-electron chi connectivity index (χ3n) is 14.0. The molecule has 2 nitrogen and oxygen atoms in total. The average molecular weight is 937 g/mol. The summed E-state index contributed by atoms with van der Waals surface area (Å²) in [5, 5.41) is 5.39. The van der Waals surface area contributed by atoms with Crippen molar-refractivity contribution >= 4 is 43.4 Å². The molecule has 0 amide bonds. The van der Waals surface area contributed by atoms with Gasteiger partial charge in [0.2, 0.25) is 0 Å². The maximum Gasteiger partial charge on any atom is 0.132 e. The van der Waals surface area contributed by atoms with Crippen LogP contribution in [-0.2, 0) is 0 Å². The Morgan fingerprint density at radius 1 is 0.236 bits per heavy atom. The van der Waals surface area contributed by atoms with E-state index in [1.54, 1.807) is 60.7 Å². The lowest BCUT2D eigenvalue weighted by atomic mass is 9.85. The lowest BCUT2D eigenvalue weighted by Gasteiger charge is -2.21. The standard InChI is InChI=1S/C66H40F4N2/c67-55-29-13-7-23-47(55)63-51-27-11-17-33-59(51)71(65(63)49-25-9-15-31-57(49)69)43-36-38-46-53(39-43)61(41-19-3-1-4-20-41)45-37-35-44(40-54(45)62(46)42-21-5-2-6-22-42)72-60-34-18-12-28-52(60)64(48-24-8-14-30-56(48)68)66(72)50-26-10-16-32-58(50)70/h1-40H. The molecular formula is C66H40F4N2. The van der Waals surface area contributed by atoms with Gasteiger partial charge in [-0.2, -0.15) is 0 Å². The number of aromatic nitrogens is 2. The maximum absolute atomic E-state index is 16.4. The van der Waals surface area contributed by atoms with Crippen LogP contribution in [0, 0.1) is 23.3 Å². The Labute approximate surface area is 412 Å². The normalized spacial score (nSPS) is 11.6. The SMILES string of the molecule is Fc1ccccc1-c1c(-c2ccccc2F)n(-c2ccc3c(-c4ccccc4)c4cc(-n5c(-c6ccccc6F)c(-c6ccccc6F)c6ccccc65)ccc4c(-c4ccccc4)c3c2)c2ccccc12. The van der Waals surface area contributed by atoms with E-state index < -0.39 is 23.3 Å². The Bertz CT molecular complexity index is 3990. The monoisotopic (exact) mass is 936 g/mol. The number of halogens is 4. The largest absolute Gasteiger partial charge is 0.308 e. The molecule has 0 N–H and O–H groups in total. The van der Waals surface area contributed by atoms with Crippen molar-refractivity contribution in [3.05, 3.63) is 266 Å². The number of fused-ring (bicyclic) bond motifs is 4. The predicted molar refractivity (Wildman–Crippen MR) is 288 cm³/mol. The first kappa shape index (κ1) is 42.8. The van der Waals surface area contributed by atoms with Crippen LogP contribution in [0.3, 0.4) is 0 Å². The quantitative estimate of drug-likeness (QED) is 0.106. The molecule has 6 heteroatoms. The van der Waals surface area contributed by atoms with Gasteiger partial charge in [-0.3, -0.25) is 0 Å². The molecule has 13 aromatic rings. The van der Waals surface area contributed by atoms with Crippen molar-refractivity contribution < 1.29 is 17.6 Å². The third-order valence-corrected chi connectivity index (χ3v) is 14.0. The molecule has 0 aliphatic rings. The van der Waals surface area contributed by atoms with Gasteiger partial charge in [-0.1, -0.05) is 170 Å². The highest BCUT2D eigenvalue weighted by Gasteiger charge is 2.28. The van der Waals surface area contributed by atoms with Crippen molar-refractivity contribution in [2.24, 2.45) is 0 Å². The van der Waals surface area contributed by atoms with Crippen molar-refractivity contribution in [2.75, 3.05) is 0 Å². The number of hydrogen-bond donors (Lipinski definition) is 0. The topological polar surface area (TPSA) is 9.86 Å². The molecular weight excluding hydrogens is 897 g/mol. The van der Waals surface area contributed by atoms with Gasteiger partial charge in [-0.25, -0.2) is 17.6 Å². The molecule has 2 aromatic heterocycles. The molecule has 11 aromatic carbocycles. The lowest BCUT2D eigenvalue weighted by molar-refractivity contribution is 0.628. The van der Waals surface area contributed by atoms with Gasteiger partial charge in [0.25, 0.3) is 0 Å². The Balaban J connectivity index is 1.16. The van der Waals surface area contributed by atoms with Crippen molar-refractivity contribution in [3.8, 4) is 78.4 Å². The second-order valence-electron chi connectivity index (χ2n) is 18.0. The molecule has 0 saturated heterocycles. The van der Waals surface area contributed by atoms with Crippen LogP contribution in [0.5, 0.6) is 0 Å². The van der Waals surface area contributed by atoms with E-state index in [2.05, 4.69) is 69.8 Å². The second kappa shape index (κ2) is 17.3. The zero-order chi connectivity index (χ0) is 48.5. The Morgan fingerprint density at radius 2 is 0.556 bits per heavy atom. The van der Waals surface area contributed by atoms with Crippen molar-refractivity contribution in [1.82, 2.24) is 9.13 Å². The lowest BCUT2D eigenvalue weighted by Crippen LogP contribution is -2.01. The fraction of sp³-hybridized carbons (Fsp3) is 0. The minimum atomic E-state index is -0.423.